The highest BCUT2D eigenvalue weighted by Gasteiger charge is 2.15. The normalized spacial score (nSPS) is 11.3. The van der Waals surface area contributed by atoms with Crippen molar-refractivity contribution in [3.8, 4) is 54.3 Å². The van der Waals surface area contributed by atoms with E-state index in [9.17, 15) is 0 Å². The number of fused-ring (bicyclic) bond motifs is 3. The van der Waals surface area contributed by atoms with Gasteiger partial charge in [0.25, 0.3) is 0 Å². The van der Waals surface area contributed by atoms with Gasteiger partial charge in [-0.05, 0) is 93.5 Å². The van der Waals surface area contributed by atoms with Crippen molar-refractivity contribution in [2.24, 2.45) is 0 Å². The number of furan rings is 1. The number of thiophene rings is 1. The van der Waals surface area contributed by atoms with Crippen LogP contribution in [0.3, 0.4) is 0 Å². The Morgan fingerprint density at radius 1 is 0.309 bits per heavy atom. The molecule has 3 heteroatoms. The largest absolute Gasteiger partial charge is 0.455 e. The lowest BCUT2D eigenvalue weighted by molar-refractivity contribution is 0.670. The molecule has 0 aliphatic rings. The summed E-state index contributed by atoms with van der Waals surface area (Å²) in [5.74, 6) is 0. The highest BCUT2D eigenvalue weighted by molar-refractivity contribution is 7.18. The first-order valence-electron chi connectivity index (χ1n) is 18.6. The Kier molecular flexibility index (Phi) is 8.40. The first-order chi connectivity index (χ1) is 27.2. The molecule has 2 nitrogen and oxygen atoms in total. The Bertz CT molecular complexity index is 2790. The van der Waals surface area contributed by atoms with Gasteiger partial charge >= 0.3 is 0 Å². The summed E-state index contributed by atoms with van der Waals surface area (Å²) in [7, 11) is 0. The smallest absolute Gasteiger partial charge is 0.143 e. The van der Waals surface area contributed by atoms with Gasteiger partial charge in [0.05, 0.1) is 0 Å². The molecule has 0 radical (unpaired) electrons. The van der Waals surface area contributed by atoms with Gasteiger partial charge in [0.1, 0.15) is 11.2 Å². The molecule has 0 aliphatic carbocycles. The number of hydrogen-bond donors (Lipinski definition) is 0. The molecule has 0 saturated carbocycles. The van der Waals surface area contributed by atoms with Crippen LogP contribution in [0.4, 0.5) is 17.1 Å². The number of hydrogen-bond acceptors (Lipinski definition) is 3. The Morgan fingerprint density at radius 2 is 0.727 bits per heavy atom. The molecule has 0 aliphatic heterocycles. The van der Waals surface area contributed by atoms with Crippen molar-refractivity contribution in [1.29, 1.82) is 0 Å². The molecule has 0 unspecified atom stereocenters. The standard InChI is InChI=1S/C52H35NOS/c1-3-10-36(11-4-1)38-22-28-43(29-23-38)53(44-30-24-39(25-31-44)37-12-5-2-6-13-37)45-32-26-42(27-33-45)51-35-34-50(55-51)41-20-18-40(19-21-41)46-15-9-16-48-47-14-7-8-17-49(47)54-52(46)48/h1-35H. The second-order valence-corrected chi connectivity index (χ2v) is 14.8. The van der Waals surface area contributed by atoms with Crippen LogP contribution in [0.2, 0.25) is 0 Å². The van der Waals surface area contributed by atoms with Gasteiger partial charge in [-0.25, -0.2) is 0 Å². The molecule has 10 rings (SSSR count). The third-order valence-electron chi connectivity index (χ3n) is 10.4. The molecule has 260 valence electrons. The van der Waals surface area contributed by atoms with Gasteiger partial charge in [-0.1, -0.05) is 158 Å². The van der Waals surface area contributed by atoms with Crippen molar-refractivity contribution in [3.63, 3.8) is 0 Å². The van der Waals surface area contributed by atoms with Gasteiger partial charge in [-0.2, -0.15) is 0 Å². The lowest BCUT2D eigenvalue weighted by atomic mass is 10.0. The fourth-order valence-corrected chi connectivity index (χ4v) is 8.54. The predicted molar refractivity (Wildman–Crippen MR) is 233 cm³/mol. The summed E-state index contributed by atoms with van der Waals surface area (Å²) < 4.78 is 6.32. The van der Waals surface area contributed by atoms with E-state index in [0.717, 1.165) is 50.1 Å². The van der Waals surface area contributed by atoms with E-state index in [-0.39, 0.29) is 0 Å². The maximum atomic E-state index is 6.32. The highest BCUT2D eigenvalue weighted by Crippen LogP contribution is 2.41. The Balaban J connectivity index is 0.933. The van der Waals surface area contributed by atoms with E-state index in [2.05, 4.69) is 205 Å². The van der Waals surface area contributed by atoms with Gasteiger partial charge in [-0.15, -0.1) is 11.3 Å². The molecule has 8 aromatic carbocycles. The summed E-state index contributed by atoms with van der Waals surface area (Å²) in [5, 5.41) is 2.30. The molecule has 55 heavy (non-hydrogen) atoms. The minimum atomic E-state index is 0.920. The highest BCUT2D eigenvalue weighted by atomic mass is 32.1. The van der Waals surface area contributed by atoms with E-state index in [1.807, 2.05) is 23.5 Å². The molecule has 0 spiro atoms. The zero-order chi connectivity index (χ0) is 36.6. The average Bonchev–Trinajstić information content (AvgIpc) is 3.91. The van der Waals surface area contributed by atoms with Crippen LogP contribution in [0.5, 0.6) is 0 Å². The van der Waals surface area contributed by atoms with Crippen LogP contribution in [-0.4, -0.2) is 0 Å². The molecule has 0 saturated heterocycles. The van der Waals surface area contributed by atoms with Gasteiger partial charge in [-0.3, -0.25) is 0 Å². The zero-order valence-corrected chi connectivity index (χ0v) is 30.8. The van der Waals surface area contributed by atoms with Crippen LogP contribution in [-0.2, 0) is 0 Å². The molecule has 2 aromatic heterocycles. The Morgan fingerprint density at radius 3 is 1.27 bits per heavy atom. The molecule has 0 N–H and O–H groups in total. The topological polar surface area (TPSA) is 16.4 Å². The molecule has 0 atom stereocenters. The summed E-state index contributed by atoms with van der Waals surface area (Å²) in [6, 6.07) is 75.7. The van der Waals surface area contributed by atoms with Gasteiger partial charge < -0.3 is 9.32 Å². The van der Waals surface area contributed by atoms with Crippen molar-refractivity contribution in [2.75, 3.05) is 4.90 Å². The minimum Gasteiger partial charge on any atom is -0.455 e. The first kappa shape index (κ1) is 32.7. The van der Waals surface area contributed by atoms with E-state index in [1.165, 1.54) is 43.1 Å². The third-order valence-corrected chi connectivity index (χ3v) is 11.5. The van der Waals surface area contributed by atoms with E-state index in [0.29, 0.717) is 0 Å². The summed E-state index contributed by atoms with van der Waals surface area (Å²) in [6.45, 7) is 0. The van der Waals surface area contributed by atoms with Crippen LogP contribution < -0.4 is 4.90 Å². The summed E-state index contributed by atoms with van der Waals surface area (Å²) in [4.78, 5) is 4.82. The van der Waals surface area contributed by atoms with E-state index < -0.39 is 0 Å². The van der Waals surface area contributed by atoms with Gasteiger partial charge in [0.2, 0.25) is 0 Å². The molecule has 10 aromatic rings. The lowest BCUT2D eigenvalue weighted by Gasteiger charge is -2.26. The molecule has 0 amide bonds. The van der Waals surface area contributed by atoms with Crippen LogP contribution in [0.15, 0.2) is 217 Å². The van der Waals surface area contributed by atoms with Crippen molar-refractivity contribution in [3.05, 3.63) is 212 Å². The first-order valence-corrected chi connectivity index (χ1v) is 19.4. The molecular weight excluding hydrogens is 687 g/mol. The second-order valence-electron chi connectivity index (χ2n) is 13.7. The average molecular weight is 722 g/mol. The lowest BCUT2D eigenvalue weighted by Crippen LogP contribution is -2.09. The van der Waals surface area contributed by atoms with Crippen LogP contribution in [0.25, 0.3) is 76.2 Å². The number of rotatable bonds is 8. The second kappa shape index (κ2) is 14.1. The fraction of sp³-hybridized carbons (Fsp3) is 0. The monoisotopic (exact) mass is 721 g/mol. The summed E-state index contributed by atoms with van der Waals surface area (Å²) in [5.41, 5.74) is 14.7. The van der Waals surface area contributed by atoms with Crippen molar-refractivity contribution >= 4 is 50.3 Å². The van der Waals surface area contributed by atoms with Crippen LogP contribution >= 0.6 is 11.3 Å². The Labute approximate surface area is 324 Å². The van der Waals surface area contributed by atoms with Crippen LogP contribution in [0, 0.1) is 0 Å². The molecule has 2 heterocycles. The van der Waals surface area contributed by atoms with Crippen molar-refractivity contribution in [1.82, 2.24) is 0 Å². The number of benzene rings is 8. The van der Waals surface area contributed by atoms with E-state index in [4.69, 9.17) is 4.42 Å². The number of anilines is 3. The molecular formula is C52H35NOS. The maximum Gasteiger partial charge on any atom is 0.143 e. The minimum absolute atomic E-state index is 0.920. The SMILES string of the molecule is c1ccc(-c2ccc(N(c3ccc(-c4ccccc4)cc3)c3ccc(-c4ccc(-c5ccc(-c6cccc7c6oc6ccccc67)cc5)s4)cc3)cc2)cc1. The van der Waals surface area contributed by atoms with Crippen molar-refractivity contribution < 1.29 is 4.42 Å². The van der Waals surface area contributed by atoms with Crippen LogP contribution in [0.1, 0.15) is 0 Å². The third kappa shape index (κ3) is 6.31. The zero-order valence-electron chi connectivity index (χ0n) is 30.0. The molecule has 0 fully saturated rings. The van der Waals surface area contributed by atoms with E-state index >= 15 is 0 Å². The summed E-state index contributed by atoms with van der Waals surface area (Å²) in [6.07, 6.45) is 0. The van der Waals surface area contributed by atoms with Gasteiger partial charge in [0.15, 0.2) is 0 Å². The maximum absolute atomic E-state index is 6.32. The predicted octanol–water partition coefficient (Wildman–Crippen LogP) is 15.5. The fourth-order valence-electron chi connectivity index (χ4n) is 7.53. The Hall–Kier alpha value is -6.94. The number of nitrogens with zero attached hydrogens (tertiary/aromatic N) is 1. The van der Waals surface area contributed by atoms with E-state index in [1.54, 1.807) is 0 Å². The quantitative estimate of drug-likeness (QED) is 0.155. The van der Waals surface area contributed by atoms with Crippen molar-refractivity contribution in [2.45, 2.75) is 0 Å². The number of para-hydroxylation sites is 2. The van der Waals surface area contributed by atoms with Gasteiger partial charge in [0, 0.05) is 43.2 Å². The summed E-state index contributed by atoms with van der Waals surface area (Å²) >= 11 is 1.82. The molecule has 0 bridgehead atoms.